The van der Waals surface area contributed by atoms with Crippen LogP contribution in [0.1, 0.15) is 11.1 Å². The van der Waals surface area contributed by atoms with Crippen LogP contribution in [0, 0.1) is 12.7 Å². The standard InChI is InChI=1S/C16H14F4N2O3S/c1-10-5-6-14(13(17)7-10)22-15(23)9-21-26(24,25)12-4-2-3-11(8-12)16(18,19)20/h2-8,21H,9H2,1H3,(H,22,23). The molecule has 5 nitrogen and oxygen atoms in total. The van der Waals surface area contributed by atoms with Crippen molar-refractivity contribution in [3.05, 3.63) is 59.4 Å². The molecule has 1 amide bonds. The fourth-order valence-electron chi connectivity index (χ4n) is 2.00. The molecule has 0 spiro atoms. The summed E-state index contributed by atoms with van der Waals surface area (Å²) in [6.07, 6.45) is -4.70. The van der Waals surface area contributed by atoms with Gasteiger partial charge in [-0.3, -0.25) is 4.79 Å². The van der Waals surface area contributed by atoms with E-state index < -0.39 is 44.9 Å². The lowest BCUT2D eigenvalue weighted by Crippen LogP contribution is -2.33. The van der Waals surface area contributed by atoms with Crippen molar-refractivity contribution < 1.29 is 30.8 Å². The number of hydrogen-bond donors (Lipinski definition) is 2. The first kappa shape index (κ1) is 19.9. The van der Waals surface area contributed by atoms with E-state index in [0.717, 1.165) is 18.2 Å². The molecule has 0 radical (unpaired) electrons. The Balaban J connectivity index is 2.07. The Hall–Kier alpha value is -2.46. The molecule has 0 aliphatic heterocycles. The highest BCUT2D eigenvalue weighted by atomic mass is 32.2. The number of anilines is 1. The Morgan fingerprint density at radius 3 is 2.42 bits per heavy atom. The van der Waals surface area contributed by atoms with E-state index in [4.69, 9.17) is 0 Å². The third-order valence-electron chi connectivity index (χ3n) is 3.29. The Labute approximate surface area is 147 Å². The van der Waals surface area contributed by atoms with Gasteiger partial charge in [0.1, 0.15) is 5.82 Å². The number of rotatable bonds is 5. The number of nitrogens with one attached hydrogen (secondary N) is 2. The maximum absolute atomic E-state index is 13.6. The minimum Gasteiger partial charge on any atom is -0.322 e. The third kappa shape index (κ3) is 5.02. The molecule has 0 fully saturated rings. The summed E-state index contributed by atoms with van der Waals surface area (Å²) < 4.78 is 77.6. The number of halogens is 4. The quantitative estimate of drug-likeness (QED) is 0.771. The molecule has 0 aliphatic rings. The van der Waals surface area contributed by atoms with Crippen LogP contribution < -0.4 is 10.0 Å². The fraction of sp³-hybridized carbons (Fsp3) is 0.188. The van der Waals surface area contributed by atoms with Gasteiger partial charge in [0.15, 0.2) is 0 Å². The molecule has 0 aliphatic carbocycles. The minimum absolute atomic E-state index is 0.140. The van der Waals surface area contributed by atoms with Gasteiger partial charge in [-0.1, -0.05) is 12.1 Å². The average Bonchev–Trinajstić information content (AvgIpc) is 2.55. The van der Waals surface area contributed by atoms with Crippen LogP contribution in [-0.4, -0.2) is 20.9 Å². The predicted molar refractivity (Wildman–Crippen MR) is 86.4 cm³/mol. The van der Waals surface area contributed by atoms with E-state index in [-0.39, 0.29) is 5.69 Å². The molecular weight excluding hydrogens is 376 g/mol. The third-order valence-corrected chi connectivity index (χ3v) is 4.69. The second kappa shape index (κ2) is 7.42. The summed E-state index contributed by atoms with van der Waals surface area (Å²) in [6, 6.07) is 7.14. The first-order valence-corrected chi connectivity index (χ1v) is 8.70. The van der Waals surface area contributed by atoms with Crippen molar-refractivity contribution in [1.29, 1.82) is 0 Å². The smallest absolute Gasteiger partial charge is 0.322 e. The number of hydrogen-bond acceptors (Lipinski definition) is 3. The van der Waals surface area contributed by atoms with Crippen LogP contribution in [0.25, 0.3) is 0 Å². The number of carbonyl (C=O) groups excluding carboxylic acids is 1. The second-order valence-corrected chi connectivity index (χ2v) is 7.15. The summed E-state index contributed by atoms with van der Waals surface area (Å²) in [5, 5.41) is 2.18. The summed E-state index contributed by atoms with van der Waals surface area (Å²) in [6.45, 7) is 0.879. The molecule has 0 bridgehead atoms. The lowest BCUT2D eigenvalue weighted by atomic mass is 10.2. The van der Waals surface area contributed by atoms with E-state index in [2.05, 4.69) is 5.32 Å². The zero-order valence-corrected chi connectivity index (χ0v) is 14.2. The van der Waals surface area contributed by atoms with Crippen molar-refractivity contribution in [1.82, 2.24) is 4.72 Å². The largest absolute Gasteiger partial charge is 0.416 e. The molecule has 10 heteroatoms. The SMILES string of the molecule is Cc1ccc(NC(=O)CNS(=O)(=O)c2cccc(C(F)(F)F)c2)c(F)c1. The predicted octanol–water partition coefficient (Wildman–Crippen LogP) is 3.07. The summed E-state index contributed by atoms with van der Waals surface area (Å²) in [5.41, 5.74) is -0.642. The molecule has 140 valence electrons. The highest BCUT2D eigenvalue weighted by Crippen LogP contribution is 2.30. The van der Waals surface area contributed by atoms with Crippen LogP contribution in [0.15, 0.2) is 47.4 Å². The average molecular weight is 390 g/mol. The van der Waals surface area contributed by atoms with Gasteiger partial charge in [-0.15, -0.1) is 0 Å². The van der Waals surface area contributed by atoms with E-state index in [9.17, 15) is 30.8 Å². The maximum atomic E-state index is 13.6. The van der Waals surface area contributed by atoms with E-state index in [1.807, 2.05) is 4.72 Å². The molecule has 26 heavy (non-hydrogen) atoms. The van der Waals surface area contributed by atoms with Gasteiger partial charge in [-0.25, -0.2) is 17.5 Å². The molecular formula is C16H14F4N2O3S. The molecule has 0 atom stereocenters. The molecule has 0 aromatic heterocycles. The van der Waals surface area contributed by atoms with Gasteiger partial charge in [0.25, 0.3) is 0 Å². The topological polar surface area (TPSA) is 75.3 Å². The van der Waals surface area contributed by atoms with E-state index in [1.54, 1.807) is 13.0 Å². The Bertz CT molecular complexity index is 927. The van der Waals surface area contributed by atoms with Crippen molar-refractivity contribution in [2.75, 3.05) is 11.9 Å². The molecule has 2 aromatic carbocycles. The monoisotopic (exact) mass is 390 g/mol. The van der Waals surface area contributed by atoms with Crippen LogP contribution >= 0.6 is 0 Å². The highest BCUT2D eigenvalue weighted by molar-refractivity contribution is 7.89. The van der Waals surface area contributed by atoms with Crippen LogP contribution in [0.3, 0.4) is 0 Å². The first-order chi connectivity index (χ1) is 12.0. The molecule has 0 saturated carbocycles. The lowest BCUT2D eigenvalue weighted by molar-refractivity contribution is -0.137. The Kier molecular flexibility index (Phi) is 5.67. The van der Waals surface area contributed by atoms with Crippen LogP contribution in [0.2, 0.25) is 0 Å². The van der Waals surface area contributed by atoms with Crippen molar-refractivity contribution in [2.45, 2.75) is 18.0 Å². The number of alkyl halides is 3. The van der Waals surface area contributed by atoms with Crippen molar-refractivity contribution >= 4 is 21.6 Å². The van der Waals surface area contributed by atoms with E-state index in [0.29, 0.717) is 11.6 Å². The highest BCUT2D eigenvalue weighted by Gasteiger charge is 2.31. The van der Waals surface area contributed by atoms with Gasteiger partial charge in [0.2, 0.25) is 15.9 Å². The molecule has 0 saturated heterocycles. The number of sulfonamides is 1. The Morgan fingerprint density at radius 1 is 1.12 bits per heavy atom. The number of carbonyl (C=O) groups is 1. The number of amides is 1. The molecule has 2 N–H and O–H groups in total. The van der Waals surface area contributed by atoms with Crippen LogP contribution in [0.4, 0.5) is 23.2 Å². The summed E-state index contributed by atoms with van der Waals surface area (Å²) >= 11 is 0. The second-order valence-electron chi connectivity index (χ2n) is 5.38. The molecule has 0 heterocycles. The van der Waals surface area contributed by atoms with Crippen molar-refractivity contribution in [2.24, 2.45) is 0 Å². The van der Waals surface area contributed by atoms with Crippen molar-refractivity contribution in [3.8, 4) is 0 Å². The zero-order valence-electron chi connectivity index (χ0n) is 13.4. The normalized spacial score (nSPS) is 12.0. The molecule has 2 aromatic rings. The number of aryl methyl sites for hydroxylation is 1. The molecule has 0 unspecified atom stereocenters. The number of benzene rings is 2. The Morgan fingerprint density at radius 2 is 1.81 bits per heavy atom. The van der Waals surface area contributed by atoms with Crippen LogP contribution in [-0.2, 0) is 21.0 Å². The van der Waals surface area contributed by atoms with Gasteiger partial charge in [0, 0.05) is 0 Å². The van der Waals surface area contributed by atoms with Gasteiger partial charge >= 0.3 is 6.18 Å². The zero-order chi connectivity index (χ0) is 19.5. The van der Waals surface area contributed by atoms with Gasteiger partial charge in [-0.2, -0.15) is 13.2 Å². The van der Waals surface area contributed by atoms with Gasteiger partial charge in [0.05, 0.1) is 22.7 Å². The summed E-state index contributed by atoms with van der Waals surface area (Å²) in [4.78, 5) is 11.1. The summed E-state index contributed by atoms with van der Waals surface area (Å²) in [7, 11) is -4.35. The van der Waals surface area contributed by atoms with Crippen molar-refractivity contribution in [3.63, 3.8) is 0 Å². The van der Waals surface area contributed by atoms with E-state index in [1.165, 1.54) is 12.1 Å². The fourth-order valence-corrected chi connectivity index (χ4v) is 3.03. The lowest BCUT2D eigenvalue weighted by Gasteiger charge is -2.11. The summed E-state index contributed by atoms with van der Waals surface area (Å²) in [5.74, 6) is -1.57. The van der Waals surface area contributed by atoms with Crippen LogP contribution in [0.5, 0.6) is 0 Å². The maximum Gasteiger partial charge on any atom is 0.416 e. The van der Waals surface area contributed by atoms with Gasteiger partial charge in [-0.05, 0) is 42.8 Å². The molecule has 2 rings (SSSR count). The first-order valence-electron chi connectivity index (χ1n) is 7.22. The van der Waals surface area contributed by atoms with E-state index >= 15 is 0 Å². The van der Waals surface area contributed by atoms with Gasteiger partial charge < -0.3 is 5.32 Å². The minimum atomic E-state index is -4.70.